The molecule has 1 aromatic heterocycles. The van der Waals surface area contributed by atoms with Crippen molar-refractivity contribution in [1.29, 1.82) is 0 Å². The standard InChI is InChI=1S/C13H20F3NOS/c1-10(2)7-17-8-11-3-4-12(19-11)9-18-6-5-13(14,15)16/h3-4,10,17H,5-9H2,1-2H3. The lowest BCUT2D eigenvalue weighted by Crippen LogP contribution is -2.18. The first-order valence-electron chi connectivity index (χ1n) is 6.29. The summed E-state index contributed by atoms with van der Waals surface area (Å²) in [6.07, 6.45) is -5.03. The molecule has 1 heterocycles. The molecular weight excluding hydrogens is 275 g/mol. The molecule has 110 valence electrons. The quantitative estimate of drug-likeness (QED) is 0.733. The molecule has 0 aliphatic rings. The molecule has 0 saturated heterocycles. The average Bonchev–Trinajstić information content (AvgIpc) is 2.71. The van der Waals surface area contributed by atoms with E-state index in [-0.39, 0.29) is 13.2 Å². The Hall–Kier alpha value is -0.590. The second kappa shape index (κ2) is 7.87. The van der Waals surface area contributed by atoms with Gasteiger partial charge in [-0.15, -0.1) is 11.3 Å². The lowest BCUT2D eigenvalue weighted by molar-refractivity contribution is -0.145. The van der Waals surface area contributed by atoms with Gasteiger partial charge in [0, 0.05) is 16.3 Å². The van der Waals surface area contributed by atoms with Crippen LogP contribution in [0.3, 0.4) is 0 Å². The highest BCUT2D eigenvalue weighted by atomic mass is 32.1. The Bertz CT molecular complexity index is 363. The Kier molecular flexibility index (Phi) is 6.82. The van der Waals surface area contributed by atoms with Crippen molar-refractivity contribution in [3.63, 3.8) is 0 Å². The molecule has 0 atom stereocenters. The van der Waals surface area contributed by atoms with Crippen molar-refractivity contribution in [3.05, 3.63) is 21.9 Å². The highest BCUT2D eigenvalue weighted by molar-refractivity contribution is 7.11. The highest BCUT2D eigenvalue weighted by Gasteiger charge is 2.26. The van der Waals surface area contributed by atoms with Gasteiger partial charge in [0.15, 0.2) is 0 Å². The van der Waals surface area contributed by atoms with Gasteiger partial charge in [0.05, 0.1) is 19.6 Å². The van der Waals surface area contributed by atoms with Crippen molar-refractivity contribution in [3.8, 4) is 0 Å². The number of halogens is 3. The number of hydrogen-bond donors (Lipinski definition) is 1. The van der Waals surface area contributed by atoms with E-state index in [1.165, 1.54) is 4.88 Å². The van der Waals surface area contributed by atoms with E-state index in [2.05, 4.69) is 19.2 Å². The largest absolute Gasteiger partial charge is 0.391 e. The molecule has 0 fully saturated rings. The minimum atomic E-state index is -4.14. The van der Waals surface area contributed by atoms with Crippen LogP contribution < -0.4 is 5.32 Å². The minimum absolute atomic E-state index is 0.255. The van der Waals surface area contributed by atoms with E-state index in [1.807, 2.05) is 12.1 Å². The van der Waals surface area contributed by atoms with Crippen molar-refractivity contribution in [2.24, 2.45) is 5.92 Å². The van der Waals surface area contributed by atoms with Crippen LogP contribution in [0.4, 0.5) is 13.2 Å². The van der Waals surface area contributed by atoms with Crippen molar-refractivity contribution in [1.82, 2.24) is 5.32 Å². The third kappa shape index (κ3) is 8.23. The molecule has 0 saturated carbocycles. The lowest BCUT2D eigenvalue weighted by atomic mass is 10.2. The maximum Gasteiger partial charge on any atom is 0.391 e. The van der Waals surface area contributed by atoms with Gasteiger partial charge in [-0.2, -0.15) is 13.2 Å². The molecule has 2 nitrogen and oxygen atoms in total. The topological polar surface area (TPSA) is 21.3 Å². The van der Waals surface area contributed by atoms with E-state index in [9.17, 15) is 13.2 Å². The molecular formula is C13H20F3NOS. The number of thiophene rings is 1. The van der Waals surface area contributed by atoms with E-state index in [0.717, 1.165) is 18.0 Å². The van der Waals surface area contributed by atoms with E-state index in [0.29, 0.717) is 5.92 Å². The Morgan fingerprint density at radius 1 is 1.26 bits per heavy atom. The summed E-state index contributed by atoms with van der Waals surface area (Å²) in [7, 11) is 0. The predicted molar refractivity (Wildman–Crippen MR) is 71.2 cm³/mol. The summed E-state index contributed by atoms with van der Waals surface area (Å²) in [4.78, 5) is 2.14. The minimum Gasteiger partial charge on any atom is -0.376 e. The summed E-state index contributed by atoms with van der Waals surface area (Å²) in [5, 5.41) is 3.32. The normalized spacial score (nSPS) is 12.3. The number of rotatable bonds is 8. The first-order chi connectivity index (χ1) is 8.87. The number of alkyl halides is 3. The van der Waals surface area contributed by atoms with E-state index >= 15 is 0 Å². The number of hydrogen-bond acceptors (Lipinski definition) is 3. The molecule has 1 aromatic rings. The summed E-state index contributed by atoms with van der Waals surface area (Å²) >= 11 is 1.57. The molecule has 0 amide bonds. The first-order valence-corrected chi connectivity index (χ1v) is 7.11. The Morgan fingerprint density at radius 2 is 1.95 bits per heavy atom. The maximum atomic E-state index is 11.9. The average molecular weight is 295 g/mol. The van der Waals surface area contributed by atoms with Crippen molar-refractivity contribution in [2.75, 3.05) is 13.2 Å². The van der Waals surface area contributed by atoms with Crippen molar-refractivity contribution in [2.45, 2.75) is 39.6 Å². The Balaban J connectivity index is 2.19. The van der Waals surface area contributed by atoms with E-state index in [1.54, 1.807) is 11.3 Å². The molecule has 0 radical (unpaired) electrons. The van der Waals surface area contributed by atoms with Crippen LogP contribution in [0.2, 0.25) is 0 Å². The molecule has 0 unspecified atom stereocenters. The predicted octanol–water partition coefficient (Wildman–Crippen LogP) is 3.96. The zero-order chi connectivity index (χ0) is 14.3. The zero-order valence-electron chi connectivity index (χ0n) is 11.2. The van der Waals surface area contributed by atoms with Crippen LogP contribution in [-0.2, 0) is 17.9 Å². The first kappa shape index (κ1) is 16.5. The molecule has 19 heavy (non-hydrogen) atoms. The summed E-state index contributed by atoms with van der Waals surface area (Å²) in [6.45, 7) is 6.01. The zero-order valence-corrected chi connectivity index (χ0v) is 12.0. The molecule has 0 bridgehead atoms. The third-order valence-electron chi connectivity index (χ3n) is 2.34. The van der Waals surface area contributed by atoms with Gasteiger partial charge in [0.1, 0.15) is 0 Å². The van der Waals surface area contributed by atoms with Crippen LogP contribution in [0.25, 0.3) is 0 Å². The smallest absolute Gasteiger partial charge is 0.376 e. The second-order valence-corrected chi connectivity index (χ2v) is 6.06. The van der Waals surface area contributed by atoms with E-state index in [4.69, 9.17) is 4.74 Å². The fraction of sp³-hybridized carbons (Fsp3) is 0.692. The monoisotopic (exact) mass is 295 g/mol. The van der Waals surface area contributed by atoms with Crippen LogP contribution >= 0.6 is 11.3 Å². The Labute approximate surface area is 116 Å². The summed E-state index contributed by atoms with van der Waals surface area (Å²) < 4.78 is 40.7. The van der Waals surface area contributed by atoms with Crippen LogP contribution in [0.15, 0.2) is 12.1 Å². The van der Waals surface area contributed by atoms with Gasteiger partial charge < -0.3 is 10.1 Å². The molecule has 0 aliphatic heterocycles. The fourth-order valence-corrected chi connectivity index (χ4v) is 2.37. The summed E-state index contributed by atoms with van der Waals surface area (Å²) in [5.41, 5.74) is 0. The van der Waals surface area contributed by atoms with Crippen LogP contribution in [0.5, 0.6) is 0 Å². The highest BCUT2D eigenvalue weighted by Crippen LogP contribution is 2.21. The molecule has 1 N–H and O–H groups in total. The summed E-state index contributed by atoms with van der Waals surface area (Å²) in [5.74, 6) is 0.602. The van der Waals surface area contributed by atoms with Gasteiger partial charge in [-0.05, 0) is 24.6 Å². The van der Waals surface area contributed by atoms with Crippen LogP contribution in [-0.4, -0.2) is 19.3 Å². The number of ether oxygens (including phenoxy) is 1. The molecule has 0 spiro atoms. The van der Waals surface area contributed by atoms with Gasteiger partial charge in [-0.1, -0.05) is 13.8 Å². The summed E-state index contributed by atoms with van der Waals surface area (Å²) in [6, 6.07) is 3.89. The maximum absolute atomic E-state index is 11.9. The Morgan fingerprint density at radius 3 is 2.58 bits per heavy atom. The van der Waals surface area contributed by atoms with Gasteiger partial charge in [-0.3, -0.25) is 0 Å². The lowest BCUT2D eigenvalue weighted by Gasteiger charge is -2.06. The van der Waals surface area contributed by atoms with Gasteiger partial charge in [-0.25, -0.2) is 0 Å². The van der Waals surface area contributed by atoms with Gasteiger partial charge in [0.25, 0.3) is 0 Å². The van der Waals surface area contributed by atoms with Gasteiger partial charge in [0.2, 0.25) is 0 Å². The van der Waals surface area contributed by atoms with Crippen LogP contribution in [0.1, 0.15) is 30.0 Å². The van der Waals surface area contributed by atoms with Gasteiger partial charge >= 0.3 is 6.18 Å². The molecule has 1 rings (SSSR count). The second-order valence-electron chi connectivity index (χ2n) is 4.81. The van der Waals surface area contributed by atoms with Crippen LogP contribution in [0, 0.1) is 5.92 Å². The molecule has 0 aromatic carbocycles. The van der Waals surface area contributed by atoms with E-state index < -0.39 is 12.6 Å². The third-order valence-corrected chi connectivity index (χ3v) is 3.40. The van der Waals surface area contributed by atoms with Crippen molar-refractivity contribution >= 4 is 11.3 Å². The number of nitrogens with one attached hydrogen (secondary N) is 1. The van der Waals surface area contributed by atoms with Crippen molar-refractivity contribution < 1.29 is 17.9 Å². The fourth-order valence-electron chi connectivity index (χ4n) is 1.44. The molecule has 6 heteroatoms. The molecule has 0 aliphatic carbocycles. The SMILES string of the molecule is CC(C)CNCc1ccc(COCCC(F)(F)F)s1.